The lowest BCUT2D eigenvalue weighted by Crippen LogP contribution is -2.41. The van der Waals surface area contributed by atoms with Gasteiger partial charge in [0, 0.05) is 6.54 Å². The van der Waals surface area contributed by atoms with Crippen LogP contribution in [-0.2, 0) is 9.59 Å². The molecule has 1 aromatic heterocycles. The van der Waals surface area contributed by atoms with Crippen LogP contribution < -0.4 is 15.8 Å². The molecule has 1 saturated heterocycles. The SMILES string of the molecule is Cc1nc(NNC(=O)[C@H](CC2CCCC2)CN(O)C=O)c(F)c(N2CC[C@@H](O)[C@@H]2C)n1. The van der Waals surface area contributed by atoms with E-state index in [1.165, 1.54) is 0 Å². The molecule has 1 aliphatic carbocycles. The summed E-state index contributed by atoms with van der Waals surface area (Å²) < 4.78 is 15.1. The van der Waals surface area contributed by atoms with Gasteiger partial charge in [0.05, 0.1) is 24.6 Å². The van der Waals surface area contributed by atoms with Crippen molar-refractivity contribution in [3.8, 4) is 0 Å². The highest BCUT2D eigenvalue weighted by Crippen LogP contribution is 2.31. The van der Waals surface area contributed by atoms with Crippen molar-refractivity contribution in [2.45, 2.75) is 64.5 Å². The van der Waals surface area contributed by atoms with Gasteiger partial charge < -0.3 is 10.0 Å². The van der Waals surface area contributed by atoms with Crippen molar-refractivity contribution in [1.29, 1.82) is 0 Å². The number of amides is 2. The highest BCUT2D eigenvalue weighted by molar-refractivity contribution is 5.80. The molecule has 3 rings (SSSR count). The van der Waals surface area contributed by atoms with Gasteiger partial charge in [-0.2, -0.15) is 4.39 Å². The number of hydroxylamine groups is 2. The quantitative estimate of drug-likeness (QED) is 0.258. The highest BCUT2D eigenvalue weighted by Gasteiger charge is 2.33. The molecule has 2 heterocycles. The van der Waals surface area contributed by atoms with Crippen molar-refractivity contribution in [2.24, 2.45) is 11.8 Å². The van der Waals surface area contributed by atoms with Crippen LogP contribution in [-0.4, -0.2) is 62.9 Å². The number of hydrazine groups is 1. The van der Waals surface area contributed by atoms with E-state index in [4.69, 9.17) is 0 Å². The van der Waals surface area contributed by atoms with Crippen molar-refractivity contribution in [3.05, 3.63) is 11.6 Å². The lowest BCUT2D eigenvalue weighted by molar-refractivity contribution is -0.154. The highest BCUT2D eigenvalue weighted by atomic mass is 19.1. The van der Waals surface area contributed by atoms with Crippen LogP contribution in [0.3, 0.4) is 0 Å². The fourth-order valence-corrected chi connectivity index (χ4v) is 4.44. The summed E-state index contributed by atoms with van der Waals surface area (Å²) in [5.74, 6) is -1.29. The molecule has 4 N–H and O–H groups in total. The number of hydrogen-bond acceptors (Lipinski definition) is 8. The predicted molar refractivity (Wildman–Crippen MR) is 111 cm³/mol. The maximum absolute atomic E-state index is 15.1. The number of hydrogen-bond donors (Lipinski definition) is 4. The Hall–Kier alpha value is -2.53. The van der Waals surface area contributed by atoms with Crippen molar-refractivity contribution < 1.29 is 24.3 Å². The predicted octanol–water partition coefficient (Wildman–Crippen LogP) is 1.37. The number of aliphatic hydroxyl groups is 1. The third-order valence-electron chi connectivity index (χ3n) is 6.23. The lowest BCUT2D eigenvalue weighted by atomic mass is 9.92. The first-order chi connectivity index (χ1) is 14.8. The smallest absolute Gasteiger partial charge is 0.243 e. The summed E-state index contributed by atoms with van der Waals surface area (Å²) >= 11 is 0. The number of aromatic nitrogens is 2. The molecule has 1 saturated carbocycles. The van der Waals surface area contributed by atoms with Gasteiger partial charge in [-0.3, -0.25) is 25.6 Å². The minimum absolute atomic E-state index is 0.0679. The van der Waals surface area contributed by atoms with Crippen LogP contribution in [0.2, 0.25) is 0 Å². The van der Waals surface area contributed by atoms with Crippen LogP contribution in [0.5, 0.6) is 0 Å². The topological polar surface area (TPSA) is 131 Å². The fourth-order valence-electron chi connectivity index (χ4n) is 4.44. The Morgan fingerprint density at radius 2 is 2.06 bits per heavy atom. The Labute approximate surface area is 180 Å². The first-order valence-corrected chi connectivity index (χ1v) is 10.8. The maximum atomic E-state index is 15.1. The van der Waals surface area contributed by atoms with Crippen LogP contribution in [0.25, 0.3) is 0 Å². The minimum atomic E-state index is -0.726. The molecule has 1 aromatic rings. The van der Waals surface area contributed by atoms with E-state index in [1.807, 2.05) is 0 Å². The largest absolute Gasteiger partial charge is 0.391 e. The number of carbonyl (C=O) groups excluding carboxylic acids is 2. The van der Waals surface area contributed by atoms with Crippen molar-refractivity contribution >= 4 is 24.0 Å². The molecule has 2 fully saturated rings. The summed E-state index contributed by atoms with van der Waals surface area (Å²) in [7, 11) is 0. The first kappa shape index (κ1) is 23.1. The normalized spacial score (nSPS) is 22.4. The second-order valence-electron chi connectivity index (χ2n) is 8.47. The summed E-state index contributed by atoms with van der Waals surface area (Å²) in [6.07, 6.45) is 4.95. The lowest BCUT2D eigenvalue weighted by Gasteiger charge is -2.25. The molecule has 2 amide bonds. The summed E-state index contributed by atoms with van der Waals surface area (Å²) in [5.41, 5.74) is 5.00. The number of aryl methyl sites for hydroxylation is 1. The van der Waals surface area contributed by atoms with Gasteiger partial charge in [0.15, 0.2) is 11.6 Å². The Morgan fingerprint density at radius 1 is 1.35 bits per heavy atom. The van der Waals surface area contributed by atoms with Gasteiger partial charge in [-0.05, 0) is 32.6 Å². The van der Waals surface area contributed by atoms with E-state index in [2.05, 4.69) is 20.8 Å². The molecular formula is C20H31FN6O4. The van der Waals surface area contributed by atoms with Gasteiger partial charge in [-0.25, -0.2) is 15.0 Å². The molecule has 31 heavy (non-hydrogen) atoms. The Morgan fingerprint density at radius 3 is 2.68 bits per heavy atom. The average molecular weight is 439 g/mol. The third-order valence-corrected chi connectivity index (χ3v) is 6.23. The van der Waals surface area contributed by atoms with Gasteiger partial charge >= 0.3 is 0 Å². The number of carbonyl (C=O) groups is 2. The zero-order valence-corrected chi connectivity index (χ0v) is 17.9. The maximum Gasteiger partial charge on any atom is 0.243 e. The molecule has 0 unspecified atom stereocenters. The standard InChI is InChI=1S/C20H31FN6O4/c1-12-16(29)7-8-27(12)19-17(21)18(22-13(2)23-19)24-25-20(30)15(10-26(31)11-28)9-14-5-3-4-6-14/h11-12,14-16,29,31H,3-10H2,1-2H3,(H,25,30)(H,22,23,24)/t12-,15+,16+/m0/s1. The number of rotatable bonds is 9. The Balaban J connectivity index is 1.70. The molecule has 3 atom stereocenters. The number of aliphatic hydroxyl groups excluding tert-OH is 1. The van der Waals surface area contributed by atoms with Crippen LogP contribution in [0.15, 0.2) is 0 Å². The van der Waals surface area contributed by atoms with Crippen molar-refractivity contribution in [3.63, 3.8) is 0 Å². The van der Waals surface area contributed by atoms with Crippen LogP contribution in [0.4, 0.5) is 16.0 Å². The second-order valence-corrected chi connectivity index (χ2v) is 8.47. The van der Waals surface area contributed by atoms with Crippen LogP contribution >= 0.6 is 0 Å². The molecule has 2 aliphatic rings. The van der Waals surface area contributed by atoms with E-state index in [1.54, 1.807) is 18.7 Å². The van der Waals surface area contributed by atoms with Crippen LogP contribution in [0.1, 0.15) is 51.3 Å². The van der Waals surface area contributed by atoms with Gasteiger partial charge in [-0.1, -0.05) is 25.7 Å². The van der Waals surface area contributed by atoms with E-state index < -0.39 is 23.7 Å². The van der Waals surface area contributed by atoms with E-state index in [0.29, 0.717) is 36.2 Å². The molecular weight excluding hydrogens is 407 g/mol. The molecule has 172 valence electrons. The molecule has 0 bridgehead atoms. The molecule has 11 heteroatoms. The average Bonchev–Trinajstić information content (AvgIpc) is 3.37. The molecule has 0 spiro atoms. The number of halogens is 1. The Bertz CT molecular complexity index is 791. The van der Waals surface area contributed by atoms with Gasteiger partial charge in [0.2, 0.25) is 18.1 Å². The zero-order valence-electron chi connectivity index (χ0n) is 17.9. The van der Waals surface area contributed by atoms with Gasteiger partial charge in [0.25, 0.3) is 0 Å². The van der Waals surface area contributed by atoms with Crippen molar-refractivity contribution in [2.75, 3.05) is 23.4 Å². The number of nitrogens with one attached hydrogen (secondary N) is 2. The number of anilines is 2. The molecule has 0 aromatic carbocycles. The first-order valence-electron chi connectivity index (χ1n) is 10.8. The molecule has 10 nitrogen and oxygen atoms in total. The summed E-state index contributed by atoms with van der Waals surface area (Å²) in [6.45, 7) is 3.73. The molecule has 0 radical (unpaired) electrons. The summed E-state index contributed by atoms with van der Waals surface area (Å²) in [6, 6.07) is -0.291. The second kappa shape index (κ2) is 10.2. The zero-order chi connectivity index (χ0) is 22.5. The monoisotopic (exact) mass is 438 g/mol. The third kappa shape index (κ3) is 5.59. The van der Waals surface area contributed by atoms with E-state index in [0.717, 1.165) is 25.7 Å². The molecule has 1 aliphatic heterocycles. The van der Waals surface area contributed by atoms with E-state index in [9.17, 15) is 19.9 Å². The summed E-state index contributed by atoms with van der Waals surface area (Å²) in [4.78, 5) is 33.5. The Kier molecular flexibility index (Phi) is 7.60. The number of nitrogens with zero attached hydrogens (tertiary/aromatic N) is 4. The van der Waals surface area contributed by atoms with Crippen molar-refractivity contribution in [1.82, 2.24) is 20.5 Å². The van der Waals surface area contributed by atoms with Gasteiger partial charge in [0.1, 0.15) is 5.82 Å². The van der Waals surface area contributed by atoms with E-state index >= 15 is 4.39 Å². The fraction of sp³-hybridized carbons (Fsp3) is 0.700. The minimum Gasteiger partial charge on any atom is -0.391 e. The van der Waals surface area contributed by atoms with E-state index in [-0.39, 0.29) is 30.6 Å². The van der Waals surface area contributed by atoms with Gasteiger partial charge in [-0.15, -0.1) is 0 Å². The summed E-state index contributed by atoms with van der Waals surface area (Å²) in [5, 5.41) is 20.0. The van der Waals surface area contributed by atoms with Crippen LogP contribution in [0, 0.1) is 24.6 Å².